The Hall–Kier alpha value is -1.39. The van der Waals surface area contributed by atoms with Crippen LogP contribution in [-0.2, 0) is 4.84 Å². The van der Waals surface area contributed by atoms with Crippen molar-refractivity contribution in [1.82, 2.24) is 4.98 Å². The molecule has 0 aliphatic rings. The minimum Gasteiger partial charge on any atom is -0.277 e. The number of nitrogens with zero attached hydrogens (tertiary/aromatic N) is 1. The van der Waals surface area contributed by atoms with Gasteiger partial charge in [0.15, 0.2) is 0 Å². The minimum atomic E-state index is 0.761. The fourth-order valence-electron chi connectivity index (χ4n) is 1.26. The van der Waals surface area contributed by atoms with Gasteiger partial charge >= 0.3 is 0 Å². The second-order valence-corrected chi connectivity index (χ2v) is 3.72. The van der Waals surface area contributed by atoms with E-state index in [0.29, 0.717) is 0 Å². The van der Waals surface area contributed by atoms with Crippen LogP contribution >= 0.6 is 11.3 Å². The zero-order chi connectivity index (χ0) is 9.97. The van der Waals surface area contributed by atoms with Gasteiger partial charge < -0.3 is 0 Å². The van der Waals surface area contributed by atoms with Crippen molar-refractivity contribution in [3.63, 3.8) is 0 Å². The zero-order valence-electron chi connectivity index (χ0n) is 7.78. The summed E-state index contributed by atoms with van der Waals surface area (Å²) in [6.07, 6.45) is 1.83. The summed E-state index contributed by atoms with van der Waals surface area (Å²) in [5, 5.41) is 0.761. The third-order valence-corrected chi connectivity index (χ3v) is 2.87. The molecule has 0 saturated heterocycles. The number of rotatable bonds is 3. The summed E-state index contributed by atoms with van der Waals surface area (Å²) < 4.78 is 1.13. The molecule has 0 aliphatic heterocycles. The van der Waals surface area contributed by atoms with Crippen LogP contribution in [0.25, 0.3) is 16.3 Å². The first-order valence-corrected chi connectivity index (χ1v) is 4.98. The first-order valence-electron chi connectivity index (χ1n) is 4.16. The highest BCUT2D eigenvalue weighted by molar-refractivity contribution is 7.22. The standard InChI is InChI=1S/C10H10N2OS/c1-3-7-5-4-6-8-9(7)14-10(11-8)12-13-2/h3-6H,1H2,2H3,(H,11,12). The van der Waals surface area contributed by atoms with Crippen molar-refractivity contribution in [3.05, 3.63) is 30.3 Å². The lowest BCUT2D eigenvalue weighted by molar-refractivity contribution is 0.271. The van der Waals surface area contributed by atoms with E-state index >= 15 is 0 Å². The molecular formula is C10H10N2OS. The summed E-state index contributed by atoms with van der Waals surface area (Å²) in [5.74, 6) is 0. The van der Waals surface area contributed by atoms with Crippen LogP contribution in [0.2, 0.25) is 0 Å². The molecule has 14 heavy (non-hydrogen) atoms. The number of anilines is 1. The predicted octanol–water partition coefficient (Wildman–Crippen LogP) is 2.91. The molecule has 0 unspecified atom stereocenters. The Balaban J connectivity index is 2.58. The van der Waals surface area contributed by atoms with E-state index in [1.807, 2.05) is 24.3 Å². The average molecular weight is 206 g/mol. The quantitative estimate of drug-likeness (QED) is 0.784. The van der Waals surface area contributed by atoms with Gasteiger partial charge in [-0.25, -0.2) is 10.5 Å². The molecule has 0 aliphatic carbocycles. The predicted molar refractivity (Wildman–Crippen MR) is 60.3 cm³/mol. The van der Waals surface area contributed by atoms with Gasteiger partial charge in [0.1, 0.15) is 0 Å². The zero-order valence-corrected chi connectivity index (χ0v) is 8.60. The highest BCUT2D eigenvalue weighted by Gasteiger charge is 2.05. The van der Waals surface area contributed by atoms with Crippen LogP contribution in [0.3, 0.4) is 0 Å². The normalized spacial score (nSPS) is 10.4. The second-order valence-electron chi connectivity index (χ2n) is 2.72. The van der Waals surface area contributed by atoms with E-state index in [9.17, 15) is 0 Å². The topological polar surface area (TPSA) is 34.2 Å². The van der Waals surface area contributed by atoms with Crippen LogP contribution < -0.4 is 5.48 Å². The SMILES string of the molecule is C=Cc1cccc2nc(NOC)sc12. The monoisotopic (exact) mass is 206 g/mol. The molecule has 1 heterocycles. The highest BCUT2D eigenvalue weighted by Crippen LogP contribution is 2.29. The molecule has 0 fully saturated rings. The molecule has 0 radical (unpaired) electrons. The summed E-state index contributed by atoms with van der Waals surface area (Å²) in [5.41, 5.74) is 4.79. The van der Waals surface area contributed by atoms with Gasteiger partial charge in [0, 0.05) is 0 Å². The van der Waals surface area contributed by atoms with Gasteiger partial charge in [-0.2, -0.15) is 0 Å². The molecule has 0 atom stereocenters. The Kier molecular flexibility index (Phi) is 2.47. The molecular weight excluding hydrogens is 196 g/mol. The van der Waals surface area contributed by atoms with Crippen molar-refractivity contribution in [3.8, 4) is 0 Å². The minimum absolute atomic E-state index is 0.761. The molecule has 3 nitrogen and oxygen atoms in total. The van der Waals surface area contributed by atoms with Crippen LogP contribution in [0.5, 0.6) is 0 Å². The summed E-state index contributed by atoms with van der Waals surface area (Å²) in [6, 6.07) is 5.96. The van der Waals surface area contributed by atoms with Gasteiger partial charge in [-0.05, 0) is 11.6 Å². The summed E-state index contributed by atoms with van der Waals surface area (Å²) in [4.78, 5) is 9.15. The Bertz CT molecular complexity index is 464. The molecule has 1 N–H and O–H groups in total. The highest BCUT2D eigenvalue weighted by atomic mass is 32.1. The molecule has 1 aromatic carbocycles. The van der Waals surface area contributed by atoms with Gasteiger partial charge in [0.05, 0.1) is 17.3 Å². The Morgan fingerprint density at radius 2 is 2.43 bits per heavy atom. The van der Waals surface area contributed by atoms with Gasteiger partial charge in [-0.1, -0.05) is 36.1 Å². The van der Waals surface area contributed by atoms with Gasteiger partial charge in [0.2, 0.25) is 5.13 Å². The van der Waals surface area contributed by atoms with Crippen molar-refractivity contribution < 1.29 is 4.84 Å². The fourth-order valence-corrected chi connectivity index (χ4v) is 2.21. The summed E-state index contributed by atoms with van der Waals surface area (Å²) >= 11 is 1.55. The Morgan fingerprint density at radius 1 is 1.57 bits per heavy atom. The van der Waals surface area contributed by atoms with Gasteiger partial charge in [-0.3, -0.25) is 4.84 Å². The van der Waals surface area contributed by atoms with Crippen molar-refractivity contribution in [2.45, 2.75) is 0 Å². The molecule has 0 spiro atoms. The lowest BCUT2D eigenvalue weighted by atomic mass is 10.2. The number of nitrogens with one attached hydrogen (secondary N) is 1. The van der Waals surface area contributed by atoms with Crippen molar-refractivity contribution in [2.24, 2.45) is 0 Å². The van der Waals surface area contributed by atoms with E-state index < -0.39 is 0 Å². The van der Waals surface area contributed by atoms with Crippen molar-refractivity contribution >= 4 is 32.8 Å². The number of fused-ring (bicyclic) bond motifs is 1. The van der Waals surface area contributed by atoms with E-state index in [1.54, 1.807) is 18.4 Å². The molecule has 0 saturated carbocycles. The maximum atomic E-state index is 4.80. The molecule has 0 amide bonds. The molecule has 72 valence electrons. The summed E-state index contributed by atoms with van der Waals surface area (Å²) in [7, 11) is 1.57. The smallest absolute Gasteiger partial charge is 0.208 e. The molecule has 4 heteroatoms. The number of hydrogen-bond donors (Lipinski definition) is 1. The molecule has 0 bridgehead atoms. The molecule has 2 aromatic rings. The van der Waals surface area contributed by atoms with Gasteiger partial charge in [0.25, 0.3) is 0 Å². The molecule has 1 aromatic heterocycles. The third kappa shape index (κ3) is 1.49. The second kappa shape index (κ2) is 3.77. The van der Waals surface area contributed by atoms with Crippen LogP contribution in [-0.4, -0.2) is 12.1 Å². The first kappa shape index (κ1) is 9.18. The maximum Gasteiger partial charge on any atom is 0.208 e. The van der Waals surface area contributed by atoms with Crippen LogP contribution in [0.1, 0.15) is 5.56 Å². The Morgan fingerprint density at radius 3 is 3.14 bits per heavy atom. The third-order valence-electron chi connectivity index (χ3n) is 1.85. The lowest BCUT2D eigenvalue weighted by Gasteiger charge is -1.93. The van der Waals surface area contributed by atoms with Crippen LogP contribution in [0, 0.1) is 0 Å². The van der Waals surface area contributed by atoms with Crippen molar-refractivity contribution in [1.29, 1.82) is 0 Å². The maximum absolute atomic E-state index is 4.80. The largest absolute Gasteiger partial charge is 0.277 e. The van der Waals surface area contributed by atoms with E-state index in [2.05, 4.69) is 17.0 Å². The van der Waals surface area contributed by atoms with E-state index in [1.165, 1.54) is 0 Å². The van der Waals surface area contributed by atoms with E-state index in [0.717, 1.165) is 20.9 Å². The number of benzene rings is 1. The van der Waals surface area contributed by atoms with Crippen LogP contribution in [0.4, 0.5) is 5.13 Å². The van der Waals surface area contributed by atoms with Gasteiger partial charge in [-0.15, -0.1) is 0 Å². The lowest BCUT2D eigenvalue weighted by Crippen LogP contribution is -1.93. The number of hydrogen-bond acceptors (Lipinski definition) is 4. The van der Waals surface area contributed by atoms with E-state index in [-0.39, 0.29) is 0 Å². The fraction of sp³-hybridized carbons (Fsp3) is 0.100. The average Bonchev–Trinajstić information content (AvgIpc) is 2.60. The molecule has 2 rings (SSSR count). The first-order chi connectivity index (χ1) is 6.85. The number of thiazole rings is 1. The van der Waals surface area contributed by atoms with Crippen molar-refractivity contribution in [2.75, 3.05) is 12.6 Å². The number of aromatic nitrogens is 1. The summed E-state index contributed by atoms with van der Waals surface area (Å²) in [6.45, 7) is 3.76. The van der Waals surface area contributed by atoms with Crippen LogP contribution in [0.15, 0.2) is 24.8 Å². The van der Waals surface area contributed by atoms with E-state index in [4.69, 9.17) is 4.84 Å². The Labute approximate surface area is 86.0 Å².